The Labute approximate surface area is 245 Å². The van der Waals surface area contributed by atoms with E-state index in [4.69, 9.17) is 21.1 Å². The molecule has 0 radical (unpaired) electrons. The molecule has 0 aliphatic carbocycles. The van der Waals surface area contributed by atoms with E-state index in [2.05, 4.69) is 43.4 Å². The van der Waals surface area contributed by atoms with Crippen LogP contribution in [0.15, 0.2) is 103 Å². The Bertz CT molecular complexity index is 1460. The summed E-state index contributed by atoms with van der Waals surface area (Å²) >= 11 is 5.81. The Morgan fingerprint density at radius 3 is 1.95 bits per heavy atom. The minimum atomic E-state index is -0.529. The molecule has 4 rings (SSSR count). The Morgan fingerprint density at radius 1 is 0.732 bits per heavy atom. The van der Waals surface area contributed by atoms with Gasteiger partial charge in [0.1, 0.15) is 11.5 Å². The molecule has 0 aliphatic heterocycles. The van der Waals surface area contributed by atoms with Crippen molar-refractivity contribution in [3.05, 3.63) is 125 Å². The number of halogens is 1. The predicted octanol–water partition coefficient (Wildman–Crippen LogP) is 7.99. The van der Waals surface area contributed by atoms with Crippen LogP contribution in [0.4, 0.5) is 5.69 Å². The van der Waals surface area contributed by atoms with E-state index < -0.39 is 5.97 Å². The summed E-state index contributed by atoms with van der Waals surface area (Å²) in [5.74, 6) is 0.299. The highest BCUT2D eigenvalue weighted by molar-refractivity contribution is 6.30. The van der Waals surface area contributed by atoms with Gasteiger partial charge in [-0.3, -0.25) is 14.4 Å². The molecule has 7 heteroatoms. The van der Waals surface area contributed by atoms with Crippen LogP contribution in [-0.2, 0) is 19.7 Å². The lowest BCUT2D eigenvalue weighted by Gasteiger charge is -2.26. The van der Waals surface area contributed by atoms with E-state index in [0.717, 1.165) is 5.75 Å². The summed E-state index contributed by atoms with van der Waals surface area (Å²) in [4.78, 5) is 36.3. The maximum absolute atomic E-state index is 12.3. The second kappa shape index (κ2) is 13.8. The van der Waals surface area contributed by atoms with Gasteiger partial charge in [0, 0.05) is 34.5 Å². The minimum absolute atomic E-state index is 0.0371. The van der Waals surface area contributed by atoms with Crippen LogP contribution in [0.2, 0.25) is 5.02 Å². The average molecular weight is 570 g/mol. The van der Waals surface area contributed by atoms with Crippen molar-refractivity contribution in [2.24, 2.45) is 0 Å². The number of esters is 1. The third kappa shape index (κ3) is 8.53. The Kier molecular flexibility index (Phi) is 9.93. The van der Waals surface area contributed by atoms with Crippen LogP contribution < -0.4 is 10.1 Å². The van der Waals surface area contributed by atoms with Crippen LogP contribution in [0.3, 0.4) is 0 Å². The van der Waals surface area contributed by atoms with Gasteiger partial charge in [-0.2, -0.15) is 0 Å². The zero-order chi connectivity index (χ0) is 29.2. The van der Waals surface area contributed by atoms with E-state index >= 15 is 0 Å². The van der Waals surface area contributed by atoms with Gasteiger partial charge in [-0.05, 0) is 78.2 Å². The van der Waals surface area contributed by atoms with E-state index in [9.17, 15) is 14.4 Å². The van der Waals surface area contributed by atoms with Crippen molar-refractivity contribution >= 4 is 34.9 Å². The zero-order valence-corrected chi connectivity index (χ0v) is 23.8. The highest BCUT2D eigenvalue weighted by Gasteiger charge is 2.22. The summed E-state index contributed by atoms with van der Waals surface area (Å²) in [6, 6.07) is 31.9. The van der Waals surface area contributed by atoms with Crippen molar-refractivity contribution in [2.75, 3.05) is 11.9 Å². The van der Waals surface area contributed by atoms with Gasteiger partial charge in [0.2, 0.25) is 5.91 Å². The number of Topliss-reactive ketones (excluding diaryl/α,β-unsaturated/α-hetero) is 1. The Morgan fingerprint density at radius 2 is 1.32 bits per heavy atom. The second-order valence-electron chi connectivity index (χ2n) is 10.1. The quantitative estimate of drug-likeness (QED) is 0.138. The number of anilines is 1. The summed E-state index contributed by atoms with van der Waals surface area (Å²) in [5.41, 5.74) is 3.34. The first-order valence-electron chi connectivity index (χ1n) is 13.4. The number of amides is 1. The number of carbonyl (C=O) groups is 3. The van der Waals surface area contributed by atoms with Crippen LogP contribution in [0.25, 0.3) is 0 Å². The van der Waals surface area contributed by atoms with Crippen molar-refractivity contribution in [3.63, 3.8) is 0 Å². The van der Waals surface area contributed by atoms with Gasteiger partial charge in [-0.1, -0.05) is 67.9 Å². The molecule has 1 amide bonds. The largest absolute Gasteiger partial charge is 0.457 e. The Balaban J connectivity index is 1.18. The molecule has 210 valence electrons. The van der Waals surface area contributed by atoms with Gasteiger partial charge >= 0.3 is 5.97 Å². The number of nitrogens with one attached hydrogen (secondary N) is 1. The fourth-order valence-corrected chi connectivity index (χ4v) is 4.38. The van der Waals surface area contributed by atoms with Crippen molar-refractivity contribution in [2.45, 2.75) is 38.5 Å². The molecule has 6 nitrogen and oxygen atoms in total. The summed E-state index contributed by atoms with van der Waals surface area (Å²) in [6.45, 7) is 4.05. The number of ether oxygens (including phenoxy) is 2. The molecule has 0 atom stereocenters. The molecule has 1 N–H and O–H groups in total. The topological polar surface area (TPSA) is 81.7 Å². The fourth-order valence-electron chi connectivity index (χ4n) is 4.26. The molecule has 0 aliphatic rings. The van der Waals surface area contributed by atoms with Crippen molar-refractivity contribution in [1.82, 2.24) is 0 Å². The lowest BCUT2D eigenvalue weighted by molar-refractivity contribution is -0.142. The van der Waals surface area contributed by atoms with Crippen molar-refractivity contribution < 1.29 is 23.9 Å². The number of rotatable bonds is 12. The van der Waals surface area contributed by atoms with Gasteiger partial charge in [0.25, 0.3) is 0 Å². The van der Waals surface area contributed by atoms with Crippen molar-refractivity contribution in [1.29, 1.82) is 0 Å². The van der Waals surface area contributed by atoms with E-state index in [1.54, 1.807) is 48.5 Å². The SMILES string of the molecule is CC(C)(c1ccccc1)c1ccc(Oc2ccc(NC(=O)CCCC(=O)OCC(=O)c3ccc(Cl)cc3)cc2)cc1. The fraction of sp³-hybridized carbons (Fsp3) is 0.206. The minimum Gasteiger partial charge on any atom is -0.457 e. The number of carbonyl (C=O) groups excluding carboxylic acids is 3. The lowest BCUT2D eigenvalue weighted by atomic mass is 9.78. The summed E-state index contributed by atoms with van der Waals surface area (Å²) in [7, 11) is 0. The van der Waals surface area contributed by atoms with Crippen molar-refractivity contribution in [3.8, 4) is 11.5 Å². The van der Waals surface area contributed by atoms with Crippen LogP contribution in [0.5, 0.6) is 11.5 Å². The zero-order valence-electron chi connectivity index (χ0n) is 23.1. The third-order valence-electron chi connectivity index (χ3n) is 6.76. The predicted molar refractivity (Wildman–Crippen MR) is 161 cm³/mol. The summed E-state index contributed by atoms with van der Waals surface area (Å²) in [5, 5.41) is 3.33. The summed E-state index contributed by atoms with van der Waals surface area (Å²) in [6.07, 6.45) is 0.484. The van der Waals surface area contributed by atoms with E-state index in [1.165, 1.54) is 11.1 Å². The molecule has 0 unspecified atom stereocenters. The first kappa shape index (κ1) is 29.6. The van der Waals surface area contributed by atoms with Gasteiger partial charge in [-0.25, -0.2) is 0 Å². The highest BCUT2D eigenvalue weighted by atomic mass is 35.5. The number of hydrogen-bond donors (Lipinski definition) is 1. The monoisotopic (exact) mass is 569 g/mol. The van der Waals surface area contributed by atoms with E-state index in [1.807, 2.05) is 30.3 Å². The van der Waals surface area contributed by atoms with E-state index in [-0.39, 0.29) is 36.6 Å². The normalized spacial score (nSPS) is 11.0. The first-order chi connectivity index (χ1) is 19.7. The molecule has 41 heavy (non-hydrogen) atoms. The van der Waals surface area contributed by atoms with Gasteiger partial charge in [0.05, 0.1) is 0 Å². The van der Waals surface area contributed by atoms with Crippen LogP contribution in [0, 0.1) is 0 Å². The smallest absolute Gasteiger partial charge is 0.306 e. The molecule has 0 fully saturated rings. The van der Waals surface area contributed by atoms with Gasteiger partial charge in [0.15, 0.2) is 12.4 Å². The lowest BCUT2D eigenvalue weighted by Crippen LogP contribution is -2.18. The van der Waals surface area contributed by atoms with Gasteiger partial charge in [-0.15, -0.1) is 0 Å². The molecule has 0 saturated heterocycles. The first-order valence-corrected chi connectivity index (χ1v) is 13.8. The van der Waals surface area contributed by atoms with E-state index in [0.29, 0.717) is 28.4 Å². The molecular weight excluding hydrogens is 538 g/mol. The molecule has 0 spiro atoms. The molecular formula is C34H32ClNO5. The molecule has 0 aromatic heterocycles. The van der Waals surface area contributed by atoms with Crippen LogP contribution in [-0.4, -0.2) is 24.3 Å². The number of ketones is 1. The van der Waals surface area contributed by atoms with Crippen LogP contribution in [0.1, 0.15) is 54.6 Å². The summed E-state index contributed by atoms with van der Waals surface area (Å²) < 4.78 is 11.0. The molecule has 0 heterocycles. The number of benzene rings is 4. The van der Waals surface area contributed by atoms with Crippen LogP contribution >= 0.6 is 11.6 Å². The highest BCUT2D eigenvalue weighted by Crippen LogP contribution is 2.33. The molecule has 0 saturated carbocycles. The average Bonchev–Trinajstić information content (AvgIpc) is 2.98. The second-order valence-corrected chi connectivity index (χ2v) is 10.6. The molecule has 4 aromatic carbocycles. The Hall–Kier alpha value is -4.42. The maximum atomic E-state index is 12.3. The maximum Gasteiger partial charge on any atom is 0.306 e. The third-order valence-corrected chi connectivity index (χ3v) is 7.01. The molecule has 0 bridgehead atoms. The number of hydrogen-bond acceptors (Lipinski definition) is 5. The standard InChI is InChI=1S/C34H32ClNO5/c1-34(2,25-7-4-3-5-8-25)26-13-19-29(20-14-26)41-30-21-17-28(18-22-30)36-32(38)9-6-10-33(39)40-23-31(37)24-11-15-27(35)16-12-24/h3-5,7-8,11-22H,6,9-10,23H2,1-2H3,(H,36,38). The van der Waals surface area contributed by atoms with Gasteiger partial charge < -0.3 is 14.8 Å². The molecule has 4 aromatic rings.